The van der Waals surface area contributed by atoms with Gasteiger partial charge in [0.05, 0.1) is 0 Å². The van der Waals surface area contributed by atoms with Gasteiger partial charge >= 0.3 is 0 Å². The summed E-state index contributed by atoms with van der Waals surface area (Å²) in [5.41, 5.74) is 11.9. The lowest BCUT2D eigenvalue weighted by atomic mass is 9.73. The van der Waals surface area contributed by atoms with Gasteiger partial charge in [-0.2, -0.15) is 0 Å². The van der Waals surface area contributed by atoms with Crippen LogP contribution in [0.15, 0.2) is 12.1 Å². The van der Waals surface area contributed by atoms with Crippen molar-refractivity contribution in [3.05, 3.63) is 28.8 Å². The summed E-state index contributed by atoms with van der Waals surface area (Å²) >= 11 is 0. The van der Waals surface area contributed by atoms with E-state index in [2.05, 4.69) is 51.7 Å². The SMILES string of the molecule is Cc1cc(C)c(N2CCC(C)(C)C(CN)C2)c(C)c1. The van der Waals surface area contributed by atoms with Crippen LogP contribution < -0.4 is 10.6 Å². The van der Waals surface area contributed by atoms with E-state index in [1.165, 1.54) is 28.8 Å². The van der Waals surface area contributed by atoms with Gasteiger partial charge in [-0.1, -0.05) is 31.5 Å². The van der Waals surface area contributed by atoms with Gasteiger partial charge in [-0.3, -0.25) is 0 Å². The summed E-state index contributed by atoms with van der Waals surface area (Å²) < 4.78 is 0. The third kappa shape index (κ3) is 2.79. The molecule has 0 spiro atoms. The van der Waals surface area contributed by atoms with Gasteiger partial charge in [0.1, 0.15) is 0 Å². The molecule has 1 aliphatic rings. The quantitative estimate of drug-likeness (QED) is 0.883. The second-order valence-corrected chi connectivity index (χ2v) is 6.86. The van der Waals surface area contributed by atoms with E-state index in [0.29, 0.717) is 11.3 Å². The fourth-order valence-corrected chi connectivity index (χ4v) is 3.50. The van der Waals surface area contributed by atoms with Crippen LogP contribution in [0.5, 0.6) is 0 Å². The minimum absolute atomic E-state index is 0.373. The first kappa shape index (κ1) is 14.4. The average Bonchev–Trinajstić information content (AvgIpc) is 2.29. The molecule has 1 saturated heterocycles. The first-order chi connectivity index (χ1) is 8.85. The molecule has 1 atom stereocenters. The van der Waals surface area contributed by atoms with Crippen molar-refractivity contribution in [1.29, 1.82) is 0 Å². The van der Waals surface area contributed by atoms with E-state index in [4.69, 9.17) is 5.73 Å². The monoisotopic (exact) mass is 260 g/mol. The Balaban J connectivity index is 2.29. The van der Waals surface area contributed by atoms with Crippen molar-refractivity contribution in [1.82, 2.24) is 0 Å². The maximum atomic E-state index is 5.99. The summed E-state index contributed by atoms with van der Waals surface area (Å²) in [6.45, 7) is 14.4. The van der Waals surface area contributed by atoms with Crippen molar-refractivity contribution >= 4 is 5.69 Å². The van der Waals surface area contributed by atoms with Crippen LogP contribution in [0, 0.1) is 32.1 Å². The van der Waals surface area contributed by atoms with Crippen LogP contribution in [-0.2, 0) is 0 Å². The molecule has 1 fully saturated rings. The van der Waals surface area contributed by atoms with Gasteiger partial charge in [-0.15, -0.1) is 0 Å². The highest BCUT2D eigenvalue weighted by molar-refractivity contribution is 5.60. The molecule has 0 aliphatic carbocycles. The van der Waals surface area contributed by atoms with Crippen molar-refractivity contribution < 1.29 is 0 Å². The topological polar surface area (TPSA) is 29.3 Å². The highest BCUT2D eigenvalue weighted by atomic mass is 15.1. The maximum absolute atomic E-state index is 5.99. The van der Waals surface area contributed by atoms with E-state index in [9.17, 15) is 0 Å². The van der Waals surface area contributed by atoms with Crippen molar-refractivity contribution in [2.45, 2.75) is 41.0 Å². The van der Waals surface area contributed by atoms with E-state index in [1.54, 1.807) is 0 Å². The maximum Gasteiger partial charge on any atom is 0.0425 e. The third-order valence-electron chi connectivity index (χ3n) is 4.81. The summed E-state index contributed by atoms with van der Waals surface area (Å²) in [6.07, 6.45) is 1.22. The Morgan fingerprint density at radius 3 is 2.32 bits per heavy atom. The minimum atomic E-state index is 0.373. The smallest absolute Gasteiger partial charge is 0.0425 e. The van der Waals surface area contributed by atoms with Crippen LogP contribution >= 0.6 is 0 Å². The van der Waals surface area contributed by atoms with Gasteiger partial charge in [0.2, 0.25) is 0 Å². The van der Waals surface area contributed by atoms with Crippen LogP contribution in [-0.4, -0.2) is 19.6 Å². The number of piperidine rings is 1. The molecule has 2 nitrogen and oxygen atoms in total. The highest BCUT2D eigenvalue weighted by Crippen LogP contribution is 2.38. The largest absolute Gasteiger partial charge is 0.371 e. The van der Waals surface area contributed by atoms with Gasteiger partial charge in [-0.25, -0.2) is 0 Å². The predicted molar refractivity (Wildman–Crippen MR) is 83.8 cm³/mol. The third-order valence-corrected chi connectivity index (χ3v) is 4.81. The first-order valence-corrected chi connectivity index (χ1v) is 7.38. The summed E-state index contributed by atoms with van der Waals surface area (Å²) in [6, 6.07) is 4.58. The van der Waals surface area contributed by atoms with Crippen LogP contribution in [0.25, 0.3) is 0 Å². The molecule has 2 rings (SSSR count). The molecule has 1 unspecified atom stereocenters. The molecule has 0 radical (unpaired) electrons. The van der Waals surface area contributed by atoms with Gasteiger partial charge in [-0.05, 0) is 56.2 Å². The van der Waals surface area contributed by atoms with Gasteiger partial charge in [0.15, 0.2) is 0 Å². The number of aryl methyl sites for hydroxylation is 3. The van der Waals surface area contributed by atoms with Gasteiger partial charge in [0, 0.05) is 18.8 Å². The summed E-state index contributed by atoms with van der Waals surface area (Å²) in [5.74, 6) is 0.585. The molecule has 1 aromatic rings. The Bertz CT molecular complexity index is 439. The van der Waals surface area contributed by atoms with E-state index in [1.807, 2.05) is 0 Å². The molecule has 0 amide bonds. The lowest BCUT2D eigenvalue weighted by Crippen LogP contribution is -2.48. The number of hydrogen-bond donors (Lipinski definition) is 1. The zero-order chi connectivity index (χ0) is 14.2. The molecule has 0 saturated carbocycles. The second-order valence-electron chi connectivity index (χ2n) is 6.86. The molecular formula is C17H28N2. The van der Waals surface area contributed by atoms with E-state index >= 15 is 0 Å². The Kier molecular flexibility index (Phi) is 3.91. The summed E-state index contributed by atoms with van der Waals surface area (Å²) in [7, 11) is 0. The summed E-state index contributed by atoms with van der Waals surface area (Å²) in [4.78, 5) is 2.55. The first-order valence-electron chi connectivity index (χ1n) is 7.38. The number of hydrogen-bond acceptors (Lipinski definition) is 2. The Hall–Kier alpha value is -1.02. The summed E-state index contributed by atoms with van der Waals surface area (Å²) in [5, 5.41) is 0. The molecule has 0 aromatic heterocycles. The molecule has 1 heterocycles. The number of anilines is 1. The predicted octanol–water partition coefficient (Wildman–Crippen LogP) is 3.42. The zero-order valence-corrected chi connectivity index (χ0v) is 13.1. The molecular weight excluding hydrogens is 232 g/mol. The van der Waals surface area contributed by atoms with Crippen LogP contribution in [0.4, 0.5) is 5.69 Å². The number of rotatable bonds is 2. The van der Waals surface area contributed by atoms with E-state index < -0.39 is 0 Å². The fraction of sp³-hybridized carbons (Fsp3) is 0.647. The Morgan fingerprint density at radius 2 is 1.79 bits per heavy atom. The van der Waals surface area contributed by atoms with Crippen LogP contribution in [0.1, 0.15) is 37.0 Å². The fourth-order valence-electron chi connectivity index (χ4n) is 3.50. The number of benzene rings is 1. The van der Waals surface area contributed by atoms with Crippen molar-refractivity contribution in [3.8, 4) is 0 Å². The molecule has 106 valence electrons. The minimum Gasteiger partial charge on any atom is -0.371 e. The van der Waals surface area contributed by atoms with Gasteiger partial charge in [0.25, 0.3) is 0 Å². The van der Waals surface area contributed by atoms with Gasteiger partial charge < -0.3 is 10.6 Å². The Morgan fingerprint density at radius 1 is 1.21 bits per heavy atom. The second kappa shape index (κ2) is 5.16. The van der Waals surface area contributed by atoms with Crippen molar-refractivity contribution in [2.75, 3.05) is 24.5 Å². The molecule has 19 heavy (non-hydrogen) atoms. The Labute approximate surface area is 118 Å². The lowest BCUT2D eigenvalue weighted by Gasteiger charge is -2.45. The normalized spacial score (nSPS) is 22.6. The van der Waals surface area contributed by atoms with E-state index in [-0.39, 0.29) is 0 Å². The average molecular weight is 260 g/mol. The zero-order valence-electron chi connectivity index (χ0n) is 13.1. The standard InChI is InChI=1S/C17H28N2/c1-12-8-13(2)16(14(3)9-12)19-7-6-17(4,5)15(10-18)11-19/h8-9,15H,6-7,10-11,18H2,1-5H3. The molecule has 1 aliphatic heterocycles. The number of nitrogens with zero attached hydrogens (tertiary/aromatic N) is 1. The molecule has 0 bridgehead atoms. The lowest BCUT2D eigenvalue weighted by molar-refractivity contribution is 0.177. The highest BCUT2D eigenvalue weighted by Gasteiger charge is 2.35. The van der Waals surface area contributed by atoms with Crippen molar-refractivity contribution in [2.24, 2.45) is 17.1 Å². The van der Waals surface area contributed by atoms with Crippen LogP contribution in [0.3, 0.4) is 0 Å². The van der Waals surface area contributed by atoms with E-state index in [0.717, 1.165) is 19.6 Å². The van der Waals surface area contributed by atoms with Crippen molar-refractivity contribution in [3.63, 3.8) is 0 Å². The van der Waals surface area contributed by atoms with Crippen LogP contribution in [0.2, 0.25) is 0 Å². The molecule has 2 N–H and O–H groups in total. The molecule has 2 heteroatoms. The molecule has 1 aromatic carbocycles. The number of nitrogens with two attached hydrogens (primary N) is 1.